The summed E-state index contributed by atoms with van der Waals surface area (Å²) in [7, 11) is 0. The van der Waals surface area contributed by atoms with E-state index in [0.29, 0.717) is 58.3 Å². The number of aryl methyl sites for hydroxylation is 1. The number of carbonyl (C=O) groups is 9. The minimum absolute atomic E-state index is 0.0197. The highest BCUT2D eigenvalue weighted by Crippen LogP contribution is 2.40. The molecular formula is C51H56FN9O14. The van der Waals surface area contributed by atoms with Crippen LogP contribution in [0, 0.1) is 12.7 Å². The van der Waals surface area contributed by atoms with Crippen LogP contribution >= 0.6 is 0 Å². The van der Waals surface area contributed by atoms with Crippen molar-refractivity contribution in [1.29, 1.82) is 0 Å². The van der Waals surface area contributed by atoms with E-state index in [-0.39, 0.29) is 113 Å². The number of ketones is 1. The zero-order chi connectivity index (χ0) is 53.8. The van der Waals surface area contributed by atoms with Gasteiger partial charge in [0.2, 0.25) is 11.8 Å². The number of unbranched alkanes of at least 4 members (excludes halogenated alkanes) is 2. The van der Waals surface area contributed by atoms with Crippen LogP contribution < -0.4 is 37.7 Å². The molecule has 396 valence electrons. The van der Waals surface area contributed by atoms with Crippen molar-refractivity contribution in [2.45, 2.75) is 96.6 Å². The fraction of sp³-hybridized carbons (Fsp3) is 0.392. The number of imide groups is 1. The maximum Gasteiger partial charge on any atom is 0.407 e. The van der Waals surface area contributed by atoms with Crippen LogP contribution in [0.15, 0.2) is 65.5 Å². The van der Waals surface area contributed by atoms with Crippen LogP contribution in [0.3, 0.4) is 0 Å². The normalized spacial score (nSPS) is 15.6. The number of carbonyl (C=O) groups excluding carboxylic acids is 9. The first-order valence-electron chi connectivity index (χ1n) is 24.2. The highest BCUT2D eigenvalue weighted by Gasteiger charge is 2.45. The Balaban J connectivity index is 0.820. The second-order valence-electron chi connectivity index (χ2n) is 17.9. The highest BCUT2D eigenvalue weighted by molar-refractivity contribution is 6.12. The van der Waals surface area contributed by atoms with Crippen molar-refractivity contribution >= 4 is 64.3 Å². The van der Waals surface area contributed by atoms with E-state index in [9.17, 15) is 57.4 Å². The van der Waals surface area contributed by atoms with Gasteiger partial charge in [0.25, 0.3) is 23.3 Å². The summed E-state index contributed by atoms with van der Waals surface area (Å²) in [4.78, 5) is 132. The molecule has 7 rings (SSSR count). The van der Waals surface area contributed by atoms with Gasteiger partial charge in [-0.2, -0.15) is 0 Å². The summed E-state index contributed by atoms with van der Waals surface area (Å²) in [6.07, 6.45) is 3.21. The smallest absolute Gasteiger partial charge is 0.407 e. The molecule has 0 unspecified atom stereocenters. The fourth-order valence-electron chi connectivity index (χ4n) is 8.71. The number of ether oxygens (including phenoxy) is 3. The molecule has 3 aliphatic rings. The lowest BCUT2D eigenvalue weighted by molar-refractivity contribution is -0.172. The standard InChI is InChI=1S/C51H56FN9O14/c1-3-51(72)36-22-40-45-34(26-61(40)47(68)35(36)27-75-48(51)69)33(32-20-29(2)37(52)23-38(32)57-45)24-54-50(71)74-19-18-73-28-55-49(70)59-58-46(67)39(21-30-10-6-4-7-11-30)56-42(64)25-53-41(63)14-13-31(62)12-8-5-9-17-60-43(65)15-16-44(60)66/h4,6-7,10-11,15-16,20,22-23,39,72H,3,5,8-9,12-14,17-19,21,24-28H2,1-2H3,(H,53,63)(H,54,71)(H,56,64)(H,58,67)(H2,55,59,70)/t39-,51-/m0/s1. The molecule has 24 heteroatoms. The third kappa shape index (κ3) is 13.2. The van der Waals surface area contributed by atoms with Gasteiger partial charge < -0.3 is 45.2 Å². The molecule has 2 aromatic carbocycles. The van der Waals surface area contributed by atoms with Crippen LogP contribution in [0.2, 0.25) is 0 Å². The van der Waals surface area contributed by atoms with Crippen molar-refractivity contribution in [1.82, 2.24) is 46.6 Å². The van der Waals surface area contributed by atoms with Gasteiger partial charge in [0.1, 0.15) is 37.6 Å². The zero-order valence-electron chi connectivity index (χ0n) is 41.1. The molecule has 0 spiro atoms. The number of amides is 8. The Bertz CT molecular complexity index is 3000. The van der Waals surface area contributed by atoms with Crippen molar-refractivity contribution in [2.24, 2.45) is 0 Å². The van der Waals surface area contributed by atoms with E-state index in [1.165, 1.54) is 28.9 Å². The highest BCUT2D eigenvalue weighted by atomic mass is 19.1. The van der Waals surface area contributed by atoms with E-state index < -0.39 is 65.4 Å². The number of rotatable bonds is 23. The van der Waals surface area contributed by atoms with Gasteiger partial charge in [-0.25, -0.2) is 29.2 Å². The first-order valence-corrected chi connectivity index (χ1v) is 24.2. The van der Waals surface area contributed by atoms with Crippen LogP contribution in [0.1, 0.15) is 85.3 Å². The lowest BCUT2D eigenvalue weighted by Gasteiger charge is -2.31. The minimum atomic E-state index is -2.05. The van der Waals surface area contributed by atoms with Crippen LogP contribution in [0.5, 0.6) is 0 Å². The molecule has 0 saturated carbocycles. The average Bonchev–Trinajstić information content (AvgIpc) is 3.96. The number of hydrogen-bond acceptors (Lipinski definition) is 15. The van der Waals surface area contributed by atoms with Crippen LogP contribution in [-0.4, -0.2) is 112 Å². The SMILES string of the molecule is CC[C@@]1(O)C(=O)OCc2c1cc1n(c2=O)Cc2c-1nc1cc(F)c(C)cc1c2CNC(=O)OCCOCNC(=O)NNC(=O)[C@H](Cc1ccccc1)NC(=O)CNC(=O)CCC(=O)CCCCCN1C(=O)C=CC1=O. The van der Waals surface area contributed by atoms with Gasteiger partial charge in [-0.1, -0.05) is 43.7 Å². The molecule has 7 N–H and O–H groups in total. The molecule has 23 nitrogen and oxygen atoms in total. The molecule has 0 aliphatic carbocycles. The van der Waals surface area contributed by atoms with Gasteiger partial charge in [-0.3, -0.25) is 43.9 Å². The summed E-state index contributed by atoms with van der Waals surface area (Å²) in [6.45, 7) is 1.70. The fourth-order valence-corrected chi connectivity index (χ4v) is 8.71. The van der Waals surface area contributed by atoms with Gasteiger partial charge in [0, 0.05) is 73.5 Å². The molecule has 4 aromatic rings. The van der Waals surface area contributed by atoms with Crippen LogP contribution in [0.4, 0.5) is 14.0 Å². The first-order chi connectivity index (χ1) is 36.0. The molecule has 0 saturated heterocycles. The van der Waals surface area contributed by atoms with Crippen molar-refractivity contribution in [3.8, 4) is 11.4 Å². The number of hydrazine groups is 1. The Morgan fingerprint density at radius 3 is 2.39 bits per heavy atom. The van der Waals surface area contributed by atoms with Gasteiger partial charge in [0.05, 0.1) is 42.2 Å². The van der Waals surface area contributed by atoms with Gasteiger partial charge in [0.15, 0.2) is 5.60 Å². The number of aromatic nitrogens is 2. The van der Waals surface area contributed by atoms with Gasteiger partial charge in [-0.15, -0.1) is 0 Å². The second-order valence-corrected chi connectivity index (χ2v) is 17.9. The third-order valence-corrected chi connectivity index (χ3v) is 12.8. The number of pyridine rings is 2. The number of benzene rings is 2. The number of halogens is 1. The summed E-state index contributed by atoms with van der Waals surface area (Å²) >= 11 is 0. The van der Waals surface area contributed by atoms with E-state index in [1.54, 1.807) is 50.2 Å². The largest absolute Gasteiger partial charge is 0.458 e. The Kier molecular flexibility index (Phi) is 17.8. The lowest BCUT2D eigenvalue weighted by atomic mass is 9.86. The minimum Gasteiger partial charge on any atom is -0.458 e. The van der Waals surface area contributed by atoms with Gasteiger partial charge >= 0.3 is 18.1 Å². The summed E-state index contributed by atoms with van der Waals surface area (Å²) in [5.41, 5.74) is 5.02. The molecule has 2 atom stereocenters. The van der Waals surface area contributed by atoms with Crippen molar-refractivity contribution < 1.29 is 66.9 Å². The van der Waals surface area contributed by atoms with E-state index >= 15 is 0 Å². The summed E-state index contributed by atoms with van der Waals surface area (Å²) < 4.78 is 32.1. The number of cyclic esters (lactones) is 1. The number of fused-ring (bicyclic) bond motifs is 5. The number of alkyl carbamates (subject to hydrolysis) is 1. The number of hydrogen-bond donors (Lipinski definition) is 7. The van der Waals surface area contributed by atoms with E-state index in [2.05, 4.69) is 32.1 Å². The Morgan fingerprint density at radius 2 is 1.64 bits per heavy atom. The molecule has 3 aliphatic heterocycles. The van der Waals surface area contributed by atoms with E-state index in [4.69, 9.17) is 19.2 Å². The molecule has 0 fully saturated rings. The van der Waals surface area contributed by atoms with Crippen molar-refractivity contribution in [2.75, 3.05) is 33.0 Å². The zero-order valence-corrected chi connectivity index (χ0v) is 41.1. The topological polar surface area (TPSA) is 312 Å². The molecule has 2 aromatic heterocycles. The summed E-state index contributed by atoms with van der Waals surface area (Å²) in [5, 5.41) is 21.8. The number of urea groups is 1. The molecular weight excluding hydrogens is 982 g/mol. The predicted molar refractivity (Wildman–Crippen MR) is 262 cm³/mol. The molecule has 5 heterocycles. The quantitative estimate of drug-likeness (QED) is 0.0161. The van der Waals surface area contributed by atoms with Crippen molar-refractivity contribution in [3.05, 3.63) is 110 Å². The number of nitrogens with one attached hydrogen (secondary N) is 6. The molecule has 75 heavy (non-hydrogen) atoms. The Labute approximate surface area is 427 Å². The van der Waals surface area contributed by atoms with Crippen molar-refractivity contribution in [3.63, 3.8) is 0 Å². The van der Waals surface area contributed by atoms with Crippen LogP contribution in [-0.2, 0) is 79.5 Å². The van der Waals surface area contributed by atoms with E-state index in [1.807, 2.05) is 0 Å². The maximum absolute atomic E-state index is 14.9. The summed E-state index contributed by atoms with van der Waals surface area (Å²) in [5.74, 6) is -4.34. The first kappa shape index (κ1) is 54.4. The van der Waals surface area contributed by atoms with Crippen LogP contribution in [0.25, 0.3) is 22.3 Å². The predicted octanol–water partition coefficient (Wildman–Crippen LogP) is 1.74. The monoisotopic (exact) mass is 1040 g/mol. The number of aliphatic hydroxyl groups is 1. The van der Waals surface area contributed by atoms with Gasteiger partial charge in [-0.05, 0) is 55.0 Å². The molecule has 0 radical (unpaired) electrons. The number of esters is 1. The lowest BCUT2D eigenvalue weighted by Crippen LogP contribution is -2.56. The number of Topliss-reactive ketones (excluding diaryl/α,β-unsaturated/α-hetero) is 1. The molecule has 8 amide bonds. The van der Waals surface area contributed by atoms with E-state index in [0.717, 1.165) is 4.90 Å². The Hall–Kier alpha value is -8.38. The maximum atomic E-state index is 14.9. The second kappa shape index (κ2) is 24.6. The summed E-state index contributed by atoms with van der Waals surface area (Å²) in [6, 6.07) is 11.0. The third-order valence-electron chi connectivity index (χ3n) is 12.8. The average molecular weight is 1040 g/mol. The Morgan fingerprint density at radius 1 is 0.880 bits per heavy atom. The number of nitrogens with zero attached hydrogens (tertiary/aromatic N) is 3. The molecule has 0 bridgehead atoms.